The van der Waals surface area contributed by atoms with Crippen molar-refractivity contribution in [3.05, 3.63) is 21.9 Å². The molecule has 7 heteroatoms. The van der Waals surface area contributed by atoms with Crippen LogP contribution in [0.2, 0.25) is 0 Å². The van der Waals surface area contributed by atoms with Crippen molar-refractivity contribution in [2.24, 2.45) is 5.92 Å². The zero-order chi connectivity index (χ0) is 18.8. The maximum absolute atomic E-state index is 12.7. The first-order valence-corrected chi connectivity index (χ1v) is 11.2. The molecule has 27 heavy (non-hydrogen) atoms. The van der Waals surface area contributed by atoms with E-state index in [1.807, 2.05) is 18.3 Å². The quantitative estimate of drug-likeness (QED) is 0.796. The first kappa shape index (κ1) is 18.7. The van der Waals surface area contributed by atoms with Crippen LogP contribution in [-0.2, 0) is 16.0 Å². The molecular formula is C20H30N3O3S+. The fourth-order valence-corrected chi connectivity index (χ4v) is 5.53. The number of piperidine rings is 1. The molecule has 148 valence electrons. The Morgan fingerprint density at radius 2 is 2.07 bits per heavy atom. The standard InChI is InChI=1S/C20H29N3O3S/c1-2-26-20(25)22-9-5-15(6-10-22)21-18(24)13-23-11-7-17-16(8-12-27-17)19(23)14-3-4-14/h8,12,14-15,19H,2-7,9-11,13H2,1H3,(H,21,24)/p+1/t19-/m1/s1. The lowest BCUT2D eigenvalue weighted by Crippen LogP contribution is -3.14. The molecule has 1 aromatic heterocycles. The molecule has 4 rings (SSSR count). The summed E-state index contributed by atoms with van der Waals surface area (Å²) in [6, 6.07) is 2.96. The van der Waals surface area contributed by atoms with E-state index < -0.39 is 0 Å². The Bertz CT molecular complexity index is 680. The Morgan fingerprint density at radius 1 is 1.30 bits per heavy atom. The smallest absolute Gasteiger partial charge is 0.409 e. The number of carbonyl (C=O) groups is 2. The van der Waals surface area contributed by atoms with E-state index in [1.54, 1.807) is 4.90 Å². The number of nitrogens with zero attached hydrogens (tertiary/aromatic N) is 1. The van der Waals surface area contributed by atoms with Gasteiger partial charge in [0.05, 0.1) is 13.2 Å². The first-order chi connectivity index (χ1) is 13.2. The second-order valence-electron chi connectivity index (χ2n) is 7.98. The molecular weight excluding hydrogens is 362 g/mol. The molecule has 0 aromatic carbocycles. The van der Waals surface area contributed by atoms with Crippen LogP contribution >= 0.6 is 11.3 Å². The third-order valence-electron chi connectivity index (χ3n) is 6.10. The fourth-order valence-electron chi connectivity index (χ4n) is 4.60. The Labute approximate surface area is 164 Å². The predicted molar refractivity (Wildman–Crippen MR) is 104 cm³/mol. The highest BCUT2D eigenvalue weighted by Crippen LogP contribution is 2.42. The Hall–Kier alpha value is -1.60. The molecule has 0 radical (unpaired) electrons. The lowest BCUT2D eigenvalue weighted by molar-refractivity contribution is -0.928. The van der Waals surface area contributed by atoms with E-state index >= 15 is 0 Å². The maximum Gasteiger partial charge on any atom is 0.409 e. The van der Waals surface area contributed by atoms with Crippen molar-refractivity contribution in [2.45, 2.75) is 51.1 Å². The first-order valence-electron chi connectivity index (χ1n) is 10.3. The molecule has 0 bridgehead atoms. The number of hydrogen-bond donors (Lipinski definition) is 2. The Balaban J connectivity index is 1.28. The molecule has 1 aliphatic carbocycles. The molecule has 2 aliphatic heterocycles. The third-order valence-corrected chi connectivity index (χ3v) is 7.09. The highest BCUT2D eigenvalue weighted by atomic mass is 32.1. The van der Waals surface area contributed by atoms with Crippen molar-refractivity contribution in [1.82, 2.24) is 10.2 Å². The van der Waals surface area contributed by atoms with Crippen LogP contribution in [0.25, 0.3) is 0 Å². The third kappa shape index (κ3) is 4.29. The van der Waals surface area contributed by atoms with E-state index in [9.17, 15) is 9.59 Å². The van der Waals surface area contributed by atoms with Crippen LogP contribution in [0.15, 0.2) is 11.4 Å². The van der Waals surface area contributed by atoms with Gasteiger partial charge in [-0.05, 0) is 44.1 Å². The summed E-state index contributed by atoms with van der Waals surface area (Å²) in [4.78, 5) is 29.2. The van der Waals surface area contributed by atoms with Crippen molar-refractivity contribution in [3.8, 4) is 0 Å². The van der Waals surface area contributed by atoms with Crippen LogP contribution in [0.3, 0.4) is 0 Å². The second kappa shape index (κ2) is 8.19. The van der Waals surface area contributed by atoms with Crippen LogP contribution < -0.4 is 10.2 Å². The van der Waals surface area contributed by atoms with Crippen molar-refractivity contribution in [1.29, 1.82) is 0 Å². The number of thiophene rings is 1. The van der Waals surface area contributed by atoms with E-state index in [4.69, 9.17) is 4.74 Å². The lowest BCUT2D eigenvalue weighted by atomic mass is 9.96. The van der Waals surface area contributed by atoms with Crippen LogP contribution in [0, 0.1) is 5.92 Å². The summed E-state index contributed by atoms with van der Waals surface area (Å²) < 4.78 is 5.06. The summed E-state index contributed by atoms with van der Waals surface area (Å²) in [7, 11) is 0. The molecule has 1 saturated heterocycles. The number of rotatable bonds is 5. The number of likely N-dealkylation sites (tertiary alicyclic amines) is 1. The molecule has 3 aliphatic rings. The number of nitrogens with one attached hydrogen (secondary N) is 2. The predicted octanol–water partition coefficient (Wildman–Crippen LogP) is 1.38. The summed E-state index contributed by atoms with van der Waals surface area (Å²) in [6.45, 7) is 5.16. The lowest BCUT2D eigenvalue weighted by Gasteiger charge is -2.34. The number of quaternary nitrogens is 1. The van der Waals surface area contributed by atoms with Crippen molar-refractivity contribution >= 4 is 23.3 Å². The molecule has 2 fully saturated rings. The average Bonchev–Trinajstić information content (AvgIpc) is 3.38. The molecule has 0 spiro atoms. The zero-order valence-electron chi connectivity index (χ0n) is 16.0. The van der Waals surface area contributed by atoms with Crippen molar-refractivity contribution in [3.63, 3.8) is 0 Å². The van der Waals surface area contributed by atoms with Gasteiger partial charge in [-0.2, -0.15) is 0 Å². The Morgan fingerprint density at radius 3 is 2.78 bits per heavy atom. The highest BCUT2D eigenvalue weighted by molar-refractivity contribution is 7.10. The van der Waals surface area contributed by atoms with Crippen LogP contribution in [0.5, 0.6) is 0 Å². The number of hydrogen-bond acceptors (Lipinski definition) is 4. The number of ether oxygens (including phenoxy) is 1. The van der Waals surface area contributed by atoms with Crippen molar-refractivity contribution < 1.29 is 19.2 Å². The minimum atomic E-state index is -0.237. The summed E-state index contributed by atoms with van der Waals surface area (Å²) >= 11 is 1.87. The molecule has 1 aromatic rings. The van der Waals surface area contributed by atoms with Gasteiger partial charge < -0.3 is 19.9 Å². The van der Waals surface area contributed by atoms with Gasteiger partial charge >= 0.3 is 6.09 Å². The molecule has 6 nitrogen and oxygen atoms in total. The molecule has 1 unspecified atom stereocenters. The summed E-state index contributed by atoms with van der Waals surface area (Å²) in [5.74, 6) is 0.915. The second-order valence-corrected chi connectivity index (χ2v) is 8.98. The van der Waals surface area contributed by atoms with E-state index in [-0.39, 0.29) is 18.0 Å². The van der Waals surface area contributed by atoms with Gasteiger partial charge in [0, 0.05) is 41.9 Å². The van der Waals surface area contributed by atoms with Gasteiger partial charge in [0.2, 0.25) is 0 Å². The number of amides is 2. The topological polar surface area (TPSA) is 63.1 Å². The summed E-state index contributed by atoms with van der Waals surface area (Å²) in [5.41, 5.74) is 1.50. The molecule has 2 amide bonds. The minimum absolute atomic E-state index is 0.156. The molecule has 1 saturated carbocycles. The zero-order valence-corrected chi connectivity index (χ0v) is 16.9. The highest BCUT2D eigenvalue weighted by Gasteiger charge is 2.43. The summed E-state index contributed by atoms with van der Waals surface area (Å²) in [6.07, 6.45) is 5.08. The summed E-state index contributed by atoms with van der Waals surface area (Å²) in [5, 5.41) is 5.43. The molecule has 2 atom stereocenters. The van der Waals surface area contributed by atoms with E-state index in [1.165, 1.54) is 28.2 Å². The van der Waals surface area contributed by atoms with Crippen LogP contribution in [-0.4, -0.2) is 55.7 Å². The van der Waals surface area contributed by atoms with Crippen LogP contribution in [0.1, 0.15) is 49.1 Å². The largest absolute Gasteiger partial charge is 0.450 e. The normalized spacial score (nSPS) is 25.7. The van der Waals surface area contributed by atoms with Gasteiger partial charge in [0.1, 0.15) is 6.04 Å². The monoisotopic (exact) mass is 392 g/mol. The van der Waals surface area contributed by atoms with E-state index in [0.717, 1.165) is 31.7 Å². The van der Waals surface area contributed by atoms with Crippen molar-refractivity contribution in [2.75, 3.05) is 32.8 Å². The van der Waals surface area contributed by atoms with Gasteiger partial charge in [0.15, 0.2) is 6.54 Å². The molecule has 2 N–H and O–H groups in total. The fraction of sp³-hybridized carbons (Fsp3) is 0.700. The van der Waals surface area contributed by atoms with E-state index in [2.05, 4.69) is 16.8 Å². The van der Waals surface area contributed by atoms with Gasteiger partial charge in [-0.3, -0.25) is 4.79 Å². The SMILES string of the molecule is CCOC(=O)N1CCC(NC(=O)C[NH+]2CCc3sccc3[C@H]2C2CC2)CC1. The maximum atomic E-state index is 12.7. The van der Waals surface area contributed by atoms with Gasteiger partial charge in [-0.25, -0.2) is 4.79 Å². The minimum Gasteiger partial charge on any atom is -0.450 e. The van der Waals surface area contributed by atoms with Gasteiger partial charge in [-0.1, -0.05) is 0 Å². The Kier molecular flexibility index (Phi) is 5.68. The van der Waals surface area contributed by atoms with Crippen LogP contribution in [0.4, 0.5) is 4.79 Å². The molecule has 3 heterocycles. The number of carbonyl (C=O) groups excluding carboxylic acids is 2. The van der Waals surface area contributed by atoms with Gasteiger partial charge in [-0.15, -0.1) is 11.3 Å². The average molecular weight is 393 g/mol. The van der Waals surface area contributed by atoms with E-state index in [0.29, 0.717) is 32.3 Å². The van der Waals surface area contributed by atoms with Gasteiger partial charge in [0.25, 0.3) is 5.91 Å². The number of fused-ring (bicyclic) bond motifs is 1.